The molecular formula is C66H68N4O8. The van der Waals surface area contributed by atoms with Crippen molar-refractivity contribution in [3.05, 3.63) is 215 Å². The summed E-state index contributed by atoms with van der Waals surface area (Å²) in [5.74, 6) is 1.94. The predicted octanol–water partition coefficient (Wildman–Crippen LogP) is 12.9. The molecule has 12 nitrogen and oxygen atoms in total. The number of rotatable bonds is 11. The minimum Gasteiger partial charge on any atom is -0.508 e. The Morgan fingerprint density at radius 1 is 0.808 bits per heavy atom. The van der Waals surface area contributed by atoms with Gasteiger partial charge in [0, 0.05) is 86.8 Å². The lowest BCUT2D eigenvalue weighted by Gasteiger charge is -2.38. The molecule has 3 aliphatic rings. The summed E-state index contributed by atoms with van der Waals surface area (Å²) in [6, 6.07) is 34.0. The molecule has 0 saturated heterocycles. The number of fused-ring (bicyclic) bond motifs is 3. The minimum atomic E-state index is -0.676. The van der Waals surface area contributed by atoms with Crippen molar-refractivity contribution in [1.82, 2.24) is 14.9 Å². The number of methoxy groups -OCH3 is 1. The van der Waals surface area contributed by atoms with E-state index in [1.54, 1.807) is 32.2 Å². The molecule has 0 amide bonds. The molecule has 2 aliphatic heterocycles. The largest absolute Gasteiger partial charge is 0.508 e. The molecule has 10 rings (SSSR count). The number of Topliss-reactive ketones (excluding diaryl/α,β-unsaturated/α-hetero) is 2. The Labute approximate surface area is 456 Å². The van der Waals surface area contributed by atoms with Crippen molar-refractivity contribution in [3.63, 3.8) is 0 Å². The molecule has 4 bridgehead atoms. The Balaban J connectivity index is 1.09. The van der Waals surface area contributed by atoms with Crippen molar-refractivity contribution in [2.45, 2.75) is 90.2 Å². The second-order valence-electron chi connectivity index (χ2n) is 21.2. The lowest BCUT2D eigenvalue weighted by atomic mass is 9.66. The number of esters is 1. The third-order valence-electron chi connectivity index (χ3n) is 15.8. The van der Waals surface area contributed by atoms with Crippen molar-refractivity contribution in [3.8, 4) is 28.7 Å². The predicted molar refractivity (Wildman–Crippen MR) is 305 cm³/mol. The minimum absolute atomic E-state index is 0.0159. The first-order chi connectivity index (χ1) is 37.8. The highest BCUT2D eigenvalue weighted by Crippen LogP contribution is 2.45. The topological polar surface area (TPSA) is 155 Å². The summed E-state index contributed by atoms with van der Waals surface area (Å²) < 4.78 is 20.6. The molecule has 12 heteroatoms. The Kier molecular flexibility index (Phi) is 15.9. The number of phenolic OH excluding ortho intramolecular Hbond substituents is 2. The van der Waals surface area contributed by atoms with Crippen LogP contribution in [0.5, 0.6) is 28.7 Å². The second-order valence-corrected chi connectivity index (χ2v) is 21.2. The van der Waals surface area contributed by atoms with Crippen LogP contribution in [0.1, 0.15) is 98.2 Å². The maximum absolute atomic E-state index is 14.9. The van der Waals surface area contributed by atoms with Gasteiger partial charge in [-0.15, -0.1) is 0 Å². The summed E-state index contributed by atoms with van der Waals surface area (Å²) in [5.41, 5.74) is 7.65. The number of aromatic nitrogens is 2. The van der Waals surface area contributed by atoms with Crippen molar-refractivity contribution in [2.24, 2.45) is 11.3 Å². The first-order valence-corrected chi connectivity index (χ1v) is 27.0. The van der Waals surface area contributed by atoms with Gasteiger partial charge in [-0.3, -0.25) is 14.4 Å². The smallest absolute Gasteiger partial charge is 0.302 e. The number of hydrogen-bond donors (Lipinski definition) is 4. The number of benzene rings is 5. The van der Waals surface area contributed by atoms with Crippen molar-refractivity contribution < 1.29 is 38.8 Å². The molecule has 400 valence electrons. The van der Waals surface area contributed by atoms with Crippen molar-refractivity contribution >= 4 is 34.0 Å². The third kappa shape index (κ3) is 12.2. The number of H-pyrrole nitrogens is 1. The number of ether oxygens (including phenoxy) is 3. The zero-order chi connectivity index (χ0) is 54.3. The molecular weight excluding hydrogens is 977 g/mol. The maximum atomic E-state index is 14.9. The lowest BCUT2D eigenvalue weighted by molar-refractivity contribution is -0.148. The average molecular weight is 1050 g/mol. The number of aromatic amines is 1. The quantitative estimate of drug-likeness (QED) is 0.0920. The Hall–Kier alpha value is -8.51. The number of dihydropyridines is 1. The number of nitrogens with zero attached hydrogens (tertiary/aromatic N) is 2. The van der Waals surface area contributed by atoms with E-state index in [9.17, 15) is 24.6 Å². The zero-order valence-corrected chi connectivity index (χ0v) is 44.8. The molecule has 5 unspecified atom stereocenters. The maximum Gasteiger partial charge on any atom is 0.302 e. The van der Waals surface area contributed by atoms with E-state index in [0.29, 0.717) is 68.9 Å². The molecule has 5 atom stereocenters. The van der Waals surface area contributed by atoms with Gasteiger partial charge < -0.3 is 44.2 Å². The molecule has 0 saturated carbocycles. The van der Waals surface area contributed by atoms with Crippen LogP contribution in [0.3, 0.4) is 0 Å². The fraction of sp³-hybridized carbons (Fsp3) is 0.288. The highest BCUT2D eigenvalue weighted by molar-refractivity contribution is 5.95. The van der Waals surface area contributed by atoms with E-state index in [1.807, 2.05) is 72.8 Å². The number of allylic oxidation sites excluding steroid dienone is 6. The SMILES string of the molecule is COc1cc(C2CC(=O)CC(OC(C)=O)CCC3(C=CC=CC3C)Cc3c[nH]cc3CC(c3cccc(O)c3)C3=CCNC(=C3)N(CCC(C)=O)c3cccc4cn2cc34)ccc1Oc1cc(O)cc(Cc2ccccc2)c1. The molecule has 2 aromatic heterocycles. The van der Waals surface area contributed by atoms with Gasteiger partial charge in [-0.1, -0.05) is 98.0 Å². The number of carbonyl (C=O) groups is 3. The molecule has 1 spiro atoms. The number of phenols is 2. The molecule has 4 N–H and O–H groups in total. The number of hydrogen-bond acceptors (Lipinski definition) is 10. The van der Waals surface area contributed by atoms with Gasteiger partial charge in [0.25, 0.3) is 0 Å². The fourth-order valence-electron chi connectivity index (χ4n) is 11.7. The summed E-state index contributed by atoms with van der Waals surface area (Å²) in [7, 11) is 1.58. The molecule has 78 heavy (non-hydrogen) atoms. The van der Waals surface area contributed by atoms with Gasteiger partial charge in [0.1, 0.15) is 40.7 Å². The van der Waals surface area contributed by atoms with Crippen LogP contribution in [0.15, 0.2) is 182 Å². The Morgan fingerprint density at radius 2 is 1.64 bits per heavy atom. The summed E-state index contributed by atoms with van der Waals surface area (Å²) >= 11 is 0. The first-order valence-electron chi connectivity index (χ1n) is 27.0. The number of aromatic hydroxyl groups is 2. The van der Waals surface area contributed by atoms with E-state index in [2.05, 4.69) is 106 Å². The summed E-state index contributed by atoms with van der Waals surface area (Å²) in [6.45, 7) is 6.18. The Bertz CT molecular complexity index is 3460. The van der Waals surface area contributed by atoms with Crippen LogP contribution in [0.25, 0.3) is 10.8 Å². The van der Waals surface area contributed by atoms with Crippen LogP contribution in [-0.2, 0) is 38.4 Å². The van der Waals surface area contributed by atoms with E-state index in [1.165, 1.54) is 12.5 Å². The molecule has 0 radical (unpaired) electrons. The number of nitrogens with one attached hydrogen (secondary N) is 2. The van der Waals surface area contributed by atoms with Gasteiger partial charge in [0.05, 0.1) is 18.8 Å². The van der Waals surface area contributed by atoms with Gasteiger partial charge in [-0.2, -0.15) is 0 Å². The van der Waals surface area contributed by atoms with Crippen LogP contribution >= 0.6 is 0 Å². The monoisotopic (exact) mass is 1040 g/mol. The average Bonchev–Trinajstić information content (AvgIpc) is 4.13. The van der Waals surface area contributed by atoms with E-state index in [0.717, 1.165) is 55.7 Å². The normalized spacial score (nSPS) is 20.8. The van der Waals surface area contributed by atoms with E-state index in [4.69, 9.17) is 14.2 Å². The summed E-state index contributed by atoms with van der Waals surface area (Å²) in [4.78, 5) is 46.3. The number of ketones is 2. The molecule has 1 aliphatic carbocycles. The summed E-state index contributed by atoms with van der Waals surface area (Å²) in [5, 5.41) is 27.2. The lowest BCUT2D eigenvalue weighted by Crippen LogP contribution is -2.35. The first kappa shape index (κ1) is 52.9. The Morgan fingerprint density at radius 3 is 2.44 bits per heavy atom. The van der Waals surface area contributed by atoms with Gasteiger partial charge in [-0.05, 0) is 138 Å². The van der Waals surface area contributed by atoms with E-state index in [-0.39, 0.29) is 53.2 Å². The highest BCUT2D eigenvalue weighted by Gasteiger charge is 2.37. The second kappa shape index (κ2) is 23.4. The molecule has 0 fully saturated rings. The van der Waals surface area contributed by atoms with Crippen LogP contribution in [-0.4, -0.2) is 63.6 Å². The van der Waals surface area contributed by atoms with E-state index >= 15 is 0 Å². The number of carbonyl (C=O) groups excluding carboxylic acids is 3. The standard InChI is InChI=1S/C66H68N4O8/c1-43-12-8-9-24-66(43)25-21-57(77-45(3)72)35-56(75)37-62(50-19-20-63(64(33-50)76-4)78-58-30-47(29-55(74)36-58)28-46-13-6-5-7-14-46)69-41-51-16-11-18-61(60(51)42-69)70(27-23-44(2)71)65-34-49(22-26-68-65)59(48-15-10-17-54(73)31-48)32-52-39-67-40-53(52)38-66/h5-20,22,24,29-31,33-34,36,39-43,57,59,62,67-68,73-74H,21,23,25-28,32,35,37-38H2,1-4H3. The summed E-state index contributed by atoms with van der Waals surface area (Å²) in [6.07, 6.45) is 24.2. The van der Waals surface area contributed by atoms with E-state index < -0.39 is 18.1 Å². The number of anilines is 1. The van der Waals surface area contributed by atoms with Crippen molar-refractivity contribution in [2.75, 3.05) is 25.1 Å². The molecule has 7 aromatic rings. The van der Waals surface area contributed by atoms with Crippen molar-refractivity contribution in [1.29, 1.82) is 0 Å². The molecule has 5 aromatic carbocycles. The van der Waals surface area contributed by atoms with Crippen LogP contribution in [0.4, 0.5) is 5.69 Å². The fourth-order valence-corrected chi connectivity index (χ4v) is 11.7. The van der Waals surface area contributed by atoms with Crippen LogP contribution in [0, 0.1) is 11.3 Å². The third-order valence-corrected chi connectivity index (χ3v) is 15.8. The van der Waals surface area contributed by atoms with Crippen LogP contribution in [0.2, 0.25) is 0 Å². The highest BCUT2D eigenvalue weighted by atomic mass is 16.5. The zero-order valence-electron chi connectivity index (χ0n) is 44.8. The van der Waals surface area contributed by atoms with Gasteiger partial charge in [0.2, 0.25) is 0 Å². The van der Waals surface area contributed by atoms with Gasteiger partial charge in [0.15, 0.2) is 11.5 Å². The van der Waals surface area contributed by atoms with Gasteiger partial charge in [-0.25, -0.2) is 0 Å². The molecule has 4 heterocycles. The van der Waals surface area contributed by atoms with Gasteiger partial charge >= 0.3 is 5.97 Å². The van der Waals surface area contributed by atoms with Crippen LogP contribution < -0.4 is 19.7 Å².